The molecule has 0 saturated carbocycles. The average molecular weight is 319 g/mol. The van der Waals surface area contributed by atoms with E-state index >= 15 is 0 Å². The van der Waals surface area contributed by atoms with Crippen LogP contribution in [-0.2, 0) is 4.74 Å². The van der Waals surface area contributed by atoms with Crippen LogP contribution in [0, 0.1) is 13.8 Å². The Morgan fingerprint density at radius 3 is 2.83 bits per heavy atom. The van der Waals surface area contributed by atoms with Crippen LogP contribution in [0.4, 0.5) is 0 Å². The van der Waals surface area contributed by atoms with Crippen molar-refractivity contribution in [2.45, 2.75) is 39.7 Å². The summed E-state index contributed by atoms with van der Waals surface area (Å²) in [5, 5.41) is 10.9. The summed E-state index contributed by atoms with van der Waals surface area (Å²) in [6.45, 7) is 8.98. The molecule has 1 N–H and O–H groups in total. The number of ether oxygens (including phenoxy) is 1. The monoisotopic (exact) mass is 319 g/mol. The normalized spacial score (nSPS) is 18.7. The molecule has 8 heteroatoms. The molecular formula is C15H21N5O3. The number of rotatable bonds is 3. The summed E-state index contributed by atoms with van der Waals surface area (Å²) < 4.78 is 11.0. The maximum atomic E-state index is 12.9. The van der Waals surface area contributed by atoms with Crippen molar-refractivity contribution in [2.24, 2.45) is 0 Å². The molecule has 2 aromatic heterocycles. The SMILES string of the molecule is Cc1nc(C2CN(C(=O)c3c(C)noc3C(C)C)CCO2)n[nH]1. The molecule has 0 spiro atoms. The Kier molecular flexibility index (Phi) is 4.16. The van der Waals surface area contributed by atoms with Gasteiger partial charge in [0.05, 0.1) is 18.8 Å². The number of amides is 1. The number of nitrogens with zero attached hydrogens (tertiary/aromatic N) is 4. The number of morpholine rings is 1. The smallest absolute Gasteiger partial charge is 0.259 e. The average Bonchev–Trinajstić information content (AvgIpc) is 3.13. The summed E-state index contributed by atoms with van der Waals surface area (Å²) in [6, 6.07) is 0. The molecule has 0 radical (unpaired) electrons. The number of hydrogen-bond acceptors (Lipinski definition) is 6. The zero-order valence-corrected chi connectivity index (χ0v) is 13.8. The van der Waals surface area contributed by atoms with E-state index in [9.17, 15) is 4.79 Å². The Morgan fingerprint density at radius 2 is 2.17 bits per heavy atom. The van der Waals surface area contributed by atoms with Crippen molar-refractivity contribution in [3.05, 3.63) is 28.7 Å². The van der Waals surface area contributed by atoms with Crippen LogP contribution in [0.25, 0.3) is 0 Å². The van der Waals surface area contributed by atoms with Crippen LogP contribution < -0.4 is 0 Å². The van der Waals surface area contributed by atoms with Crippen LogP contribution in [0.5, 0.6) is 0 Å². The first kappa shape index (κ1) is 15.7. The van der Waals surface area contributed by atoms with Crippen molar-refractivity contribution in [3.63, 3.8) is 0 Å². The lowest BCUT2D eigenvalue weighted by Crippen LogP contribution is -2.43. The first-order valence-corrected chi connectivity index (χ1v) is 7.73. The van der Waals surface area contributed by atoms with Crippen LogP contribution in [-0.4, -0.2) is 50.8 Å². The highest BCUT2D eigenvalue weighted by molar-refractivity contribution is 5.96. The Balaban J connectivity index is 1.81. The Hall–Kier alpha value is -2.22. The molecule has 3 rings (SSSR count). The molecule has 0 aromatic carbocycles. The Bertz CT molecular complexity index is 706. The fraction of sp³-hybridized carbons (Fsp3) is 0.600. The number of H-pyrrole nitrogens is 1. The van der Waals surface area contributed by atoms with E-state index < -0.39 is 0 Å². The molecule has 1 unspecified atom stereocenters. The second-order valence-corrected chi connectivity index (χ2v) is 6.05. The highest BCUT2D eigenvalue weighted by atomic mass is 16.5. The molecule has 8 nitrogen and oxygen atoms in total. The zero-order chi connectivity index (χ0) is 16.6. The zero-order valence-electron chi connectivity index (χ0n) is 13.8. The lowest BCUT2D eigenvalue weighted by molar-refractivity contribution is -0.0267. The van der Waals surface area contributed by atoms with Gasteiger partial charge in [-0.1, -0.05) is 19.0 Å². The fourth-order valence-corrected chi connectivity index (χ4v) is 2.69. The highest BCUT2D eigenvalue weighted by Crippen LogP contribution is 2.26. The van der Waals surface area contributed by atoms with Crippen molar-refractivity contribution in [3.8, 4) is 0 Å². The fourth-order valence-electron chi connectivity index (χ4n) is 2.69. The molecule has 0 aliphatic carbocycles. The van der Waals surface area contributed by atoms with Gasteiger partial charge < -0.3 is 14.2 Å². The third-order valence-corrected chi connectivity index (χ3v) is 3.88. The number of aryl methyl sites for hydroxylation is 2. The van der Waals surface area contributed by atoms with Gasteiger partial charge in [-0.3, -0.25) is 9.89 Å². The molecular weight excluding hydrogens is 298 g/mol. The summed E-state index contributed by atoms with van der Waals surface area (Å²) in [7, 11) is 0. The second-order valence-electron chi connectivity index (χ2n) is 6.05. The van der Waals surface area contributed by atoms with Crippen LogP contribution in [0.3, 0.4) is 0 Å². The minimum absolute atomic E-state index is 0.0759. The molecule has 1 aliphatic rings. The van der Waals surface area contributed by atoms with Crippen molar-refractivity contribution in [1.29, 1.82) is 0 Å². The third kappa shape index (κ3) is 2.98. The van der Waals surface area contributed by atoms with Gasteiger partial charge in [0.2, 0.25) is 0 Å². The van der Waals surface area contributed by atoms with Crippen LogP contribution in [0.1, 0.15) is 59.3 Å². The predicted octanol–water partition coefficient (Wildman–Crippen LogP) is 1.75. The number of aromatic amines is 1. The topological polar surface area (TPSA) is 97.1 Å². The van der Waals surface area contributed by atoms with Gasteiger partial charge in [-0.05, 0) is 13.8 Å². The molecule has 1 fully saturated rings. The summed E-state index contributed by atoms with van der Waals surface area (Å²) in [5.74, 6) is 1.95. The maximum absolute atomic E-state index is 12.9. The summed E-state index contributed by atoms with van der Waals surface area (Å²) in [6.07, 6.45) is -0.319. The summed E-state index contributed by atoms with van der Waals surface area (Å²) in [4.78, 5) is 19.0. The van der Waals surface area contributed by atoms with Gasteiger partial charge in [0.1, 0.15) is 17.5 Å². The largest absolute Gasteiger partial charge is 0.366 e. The van der Waals surface area contributed by atoms with Gasteiger partial charge in [0.15, 0.2) is 11.6 Å². The van der Waals surface area contributed by atoms with Crippen LogP contribution >= 0.6 is 0 Å². The van der Waals surface area contributed by atoms with Crippen molar-refractivity contribution >= 4 is 5.91 Å². The maximum Gasteiger partial charge on any atom is 0.259 e. The number of hydrogen-bond donors (Lipinski definition) is 1. The van der Waals surface area contributed by atoms with E-state index in [2.05, 4.69) is 20.3 Å². The lowest BCUT2D eigenvalue weighted by atomic mass is 10.0. The van der Waals surface area contributed by atoms with E-state index in [1.807, 2.05) is 20.8 Å². The molecule has 23 heavy (non-hydrogen) atoms. The second kappa shape index (κ2) is 6.11. The lowest BCUT2D eigenvalue weighted by Gasteiger charge is -2.31. The standard InChI is InChI=1S/C15H21N5O3/c1-8(2)13-12(9(3)19-23-13)15(21)20-5-6-22-11(7-20)14-16-10(4)17-18-14/h8,11H,5-7H2,1-4H3,(H,16,17,18). The number of aromatic nitrogens is 4. The third-order valence-electron chi connectivity index (χ3n) is 3.88. The van der Waals surface area contributed by atoms with Crippen molar-refractivity contribution in [1.82, 2.24) is 25.2 Å². The van der Waals surface area contributed by atoms with E-state index in [0.29, 0.717) is 42.5 Å². The molecule has 1 aliphatic heterocycles. The van der Waals surface area contributed by atoms with Crippen LogP contribution in [0.15, 0.2) is 4.52 Å². The molecule has 1 amide bonds. The summed E-state index contributed by atoms with van der Waals surface area (Å²) >= 11 is 0. The predicted molar refractivity (Wildman–Crippen MR) is 81.0 cm³/mol. The van der Waals surface area contributed by atoms with Gasteiger partial charge in [0, 0.05) is 12.5 Å². The first-order chi connectivity index (χ1) is 11.0. The van der Waals surface area contributed by atoms with Crippen molar-refractivity contribution < 1.29 is 14.1 Å². The van der Waals surface area contributed by atoms with E-state index in [1.54, 1.807) is 11.8 Å². The molecule has 124 valence electrons. The van der Waals surface area contributed by atoms with Gasteiger partial charge in [-0.15, -0.1) is 0 Å². The van der Waals surface area contributed by atoms with E-state index in [0.717, 1.165) is 5.82 Å². The van der Waals surface area contributed by atoms with Gasteiger partial charge in [0.25, 0.3) is 5.91 Å². The minimum Gasteiger partial charge on any atom is -0.366 e. The molecule has 1 atom stereocenters. The van der Waals surface area contributed by atoms with Crippen molar-refractivity contribution in [2.75, 3.05) is 19.7 Å². The number of carbonyl (C=O) groups is 1. The minimum atomic E-state index is -0.319. The quantitative estimate of drug-likeness (QED) is 0.925. The Labute approximate surface area is 134 Å². The van der Waals surface area contributed by atoms with Gasteiger partial charge >= 0.3 is 0 Å². The van der Waals surface area contributed by atoms with E-state index in [1.165, 1.54) is 0 Å². The Morgan fingerprint density at radius 1 is 1.39 bits per heavy atom. The number of nitrogens with one attached hydrogen (secondary N) is 1. The highest BCUT2D eigenvalue weighted by Gasteiger charge is 2.32. The molecule has 1 saturated heterocycles. The van der Waals surface area contributed by atoms with Gasteiger partial charge in [-0.2, -0.15) is 5.10 Å². The number of carbonyl (C=O) groups excluding carboxylic acids is 1. The summed E-state index contributed by atoms with van der Waals surface area (Å²) in [5.41, 5.74) is 1.18. The first-order valence-electron chi connectivity index (χ1n) is 7.73. The van der Waals surface area contributed by atoms with Crippen LogP contribution in [0.2, 0.25) is 0 Å². The van der Waals surface area contributed by atoms with E-state index in [4.69, 9.17) is 9.26 Å². The van der Waals surface area contributed by atoms with E-state index in [-0.39, 0.29) is 17.9 Å². The molecule has 2 aromatic rings. The molecule has 0 bridgehead atoms. The van der Waals surface area contributed by atoms with Gasteiger partial charge in [-0.25, -0.2) is 4.98 Å². The molecule has 3 heterocycles.